The van der Waals surface area contributed by atoms with Gasteiger partial charge < -0.3 is 10.1 Å². The second kappa shape index (κ2) is 6.05. The van der Waals surface area contributed by atoms with Gasteiger partial charge in [0.05, 0.1) is 5.60 Å². The SMILES string of the molecule is CNC(Cc1cc(Cl)ccc1Cl)C(C)(C)OC. The molecule has 0 aromatic heterocycles. The summed E-state index contributed by atoms with van der Waals surface area (Å²) in [6.45, 7) is 4.10. The highest BCUT2D eigenvalue weighted by atomic mass is 35.5. The molecule has 96 valence electrons. The van der Waals surface area contributed by atoms with E-state index in [-0.39, 0.29) is 11.6 Å². The van der Waals surface area contributed by atoms with Crippen molar-refractivity contribution in [3.05, 3.63) is 33.8 Å². The molecule has 0 aliphatic carbocycles. The Morgan fingerprint density at radius 2 is 2.00 bits per heavy atom. The third kappa shape index (κ3) is 3.85. The standard InChI is InChI=1S/C13H19Cl2NO/c1-13(2,17-4)12(16-3)8-9-7-10(14)5-6-11(9)15/h5-7,12,16H,8H2,1-4H3. The molecule has 0 aliphatic heterocycles. The van der Waals surface area contributed by atoms with Crippen molar-refractivity contribution in [3.63, 3.8) is 0 Å². The Morgan fingerprint density at radius 3 is 2.53 bits per heavy atom. The highest BCUT2D eigenvalue weighted by Crippen LogP contribution is 2.25. The van der Waals surface area contributed by atoms with E-state index in [2.05, 4.69) is 5.32 Å². The van der Waals surface area contributed by atoms with Gasteiger partial charge in [0.25, 0.3) is 0 Å². The Morgan fingerprint density at radius 1 is 1.35 bits per heavy atom. The van der Waals surface area contributed by atoms with Crippen LogP contribution in [0.5, 0.6) is 0 Å². The van der Waals surface area contributed by atoms with Crippen LogP contribution in [-0.4, -0.2) is 25.8 Å². The Hall–Kier alpha value is -0.280. The Labute approximate surface area is 113 Å². The molecule has 1 N–H and O–H groups in total. The van der Waals surface area contributed by atoms with Gasteiger partial charge in [0.15, 0.2) is 0 Å². The number of methoxy groups -OCH3 is 1. The number of benzene rings is 1. The lowest BCUT2D eigenvalue weighted by Gasteiger charge is -2.33. The van der Waals surface area contributed by atoms with E-state index in [1.54, 1.807) is 13.2 Å². The summed E-state index contributed by atoms with van der Waals surface area (Å²) in [5.74, 6) is 0. The predicted octanol–water partition coefficient (Wildman–Crippen LogP) is 3.55. The van der Waals surface area contributed by atoms with Crippen molar-refractivity contribution in [2.24, 2.45) is 0 Å². The van der Waals surface area contributed by atoms with E-state index in [0.717, 1.165) is 17.0 Å². The first-order valence-corrected chi connectivity index (χ1v) is 6.32. The molecule has 0 amide bonds. The summed E-state index contributed by atoms with van der Waals surface area (Å²) in [5, 5.41) is 4.70. The van der Waals surface area contributed by atoms with E-state index in [1.165, 1.54) is 0 Å². The maximum atomic E-state index is 6.16. The fourth-order valence-corrected chi connectivity index (χ4v) is 2.15. The molecule has 0 spiro atoms. The number of hydrogen-bond acceptors (Lipinski definition) is 2. The van der Waals surface area contributed by atoms with Gasteiger partial charge in [-0.15, -0.1) is 0 Å². The third-order valence-electron chi connectivity index (χ3n) is 3.15. The number of halogens is 2. The number of likely N-dealkylation sites (N-methyl/N-ethyl adjacent to an activating group) is 1. The number of ether oxygens (including phenoxy) is 1. The van der Waals surface area contributed by atoms with E-state index in [1.807, 2.05) is 33.0 Å². The fourth-order valence-electron chi connectivity index (χ4n) is 1.76. The van der Waals surface area contributed by atoms with E-state index < -0.39 is 0 Å². The summed E-state index contributed by atoms with van der Waals surface area (Å²) < 4.78 is 5.49. The van der Waals surface area contributed by atoms with Gasteiger partial charge in [0, 0.05) is 23.2 Å². The van der Waals surface area contributed by atoms with Gasteiger partial charge in [-0.3, -0.25) is 0 Å². The monoisotopic (exact) mass is 275 g/mol. The predicted molar refractivity (Wildman–Crippen MR) is 74.1 cm³/mol. The van der Waals surface area contributed by atoms with Crippen molar-refractivity contribution in [1.29, 1.82) is 0 Å². The van der Waals surface area contributed by atoms with Gasteiger partial charge in [-0.2, -0.15) is 0 Å². The lowest BCUT2D eigenvalue weighted by Crippen LogP contribution is -2.48. The molecule has 4 heteroatoms. The molecule has 0 saturated heterocycles. The molecule has 2 nitrogen and oxygen atoms in total. The number of nitrogens with one attached hydrogen (secondary N) is 1. The van der Waals surface area contributed by atoms with Gasteiger partial charge in [0.1, 0.15) is 0 Å². The molecule has 0 bridgehead atoms. The Kier molecular flexibility index (Phi) is 5.26. The second-order valence-corrected chi connectivity index (χ2v) is 5.43. The van der Waals surface area contributed by atoms with E-state index in [0.29, 0.717) is 5.02 Å². The minimum atomic E-state index is -0.263. The smallest absolute Gasteiger partial charge is 0.0778 e. The summed E-state index contributed by atoms with van der Waals surface area (Å²) in [7, 11) is 3.63. The first kappa shape index (κ1) is 14.8. The van der Waals surface area contributed by atoms with Gasteiger partial charge >= 0.3 is 0 Å². The molecular weight excluding hydrogens is 257 g/mol. The van der Waals surface area contributed by atoms with Crippen molar-refractivity contribution in [1.82, 2.24) is 5.32 Å². The maximum absolute atomic E-state index is 6.16. The fraction of sp³-hybridized carbons (Fsp3) is 0.538. The van der Waals surface area contributed by atoms with Gasteiger partial charge in [-0.1, -0.05) is 23.2 Å². The van der Waals surface area contributed by atoms with Crippen molar-refractivity contribution in [2.75, 3.05) is 14.2 Å². The maximum Gasteiger partial charge on any atom is 0.0778 e. The molecule has 1 rings (SSSR count). The highest BCUT2D eigenvalue weighted by molar-refractivity contribution is 6.33. The zero-order chi connectivity index (χ0) is 13.1. The van der Waals surface area contributed by atoms with Crippen LogP contribution in [0.4, 0.5) is 0 Å². The van der Waals surface area contributed by atoms with Crippen LogP contribution in [0, 0.1) is 0 Å². The third-order valence-corrected chi connectivity index (χ3v) is 3.75. The second-order valence-electron chi connectivity index (χ2n) is 4.59. The quantitative estimate of drug-likeness (QED) is 0.888. The van der Waals surface area contributed by atoms with E-state index in [4.69, 9.17) is 27.9 Å². The number of rotatable bonds is 5. The van der Waals surface area contributed by atoms with Crippen LogP contribution in [0.15, 0.2) is 18.2 Å². The average molecular weight is 276 g/mol. The molecule has 1 unspecified atom stereocenters. The van der Waals surface area contributed by atoms with Gasteiger partial charge in [-0.05, 0) is 51.1 Å². The lowest BCUT2D eigenvalue weighted by molar-refractivity contribution is -0.00796. The van der Waals surface area contributed by atoms with Crippen LogP contribution in [0.2, 0.25) is 10.0 Å². The van der Waals surface area contributed by atoms with Crippen LogP contribution in [0.3, 0.4) is 0 Å². The minimum absolute atomic E-state index is 0.170. The zero-order valence-electron chi connectivity index (χ0n) is 10.7. The molecule has 0 aliphatic rings. The normalized spacial score (nSPS) is 13.8. The van der Waals surface area contributed by atoms with Crippen molar-refractivity contribution < 1.29 is 4.74 Å². The Bertz CT molecular complexity index is 380. The summed E-state index contributed by atoms with van der Waals surface area (Å²) in [5.41, 5.74) is 0.768. The van der Waals surface area contributed by atoms with Crippen LogP contribution < -0.4 is 5.32 Å². The van der Waals surface area contributed by atoms with E-state index >= 15 is 0 Å². The van der Waals surface area contributed by atoms with Crippen LogP contribution in [-0.2, 0) is 11.2 Å². The summed E-state index contributed by atoms with van der Waals surface area (Å²) in [6.07, 6.45) is 0.775. The lowest BCUT2D eigenvalue weighted by atomic mass is 9.92. The van der Waals surface area contributed by atoms with Crippen molar-refractivity contribution >= 4 is 23.2 Å². The molecular formula is C13H19Cl2NO. The highest BCUT2D eigenvalue weighted by Gasteiger charge is 2.28. The molecule has 1 atom stereocenters. The summed E-state index contributed by atoms with van der Waals surface area (Å²) in [4.78, 5) is 0. The first-order chi connectivity index (χ1) is 7.90. The Balaban J connectivity index is 2.91. The van der Waals surface area contributed by atoms with Crippen molar-refractivity contribution in [3.8, 4) is 0 Å². The topological polar surface area (TPSA) is 21.3 Å². The number of hydrogen-bond donors (Lipinski definition) is 1. The van der Waals surface area contributed by atoms with Gasteiger partial charge in [0.2, 0.25) is 0 Å². The average Bonchev–Trinajstić information content (AvgIpc) is 2.30. The zero-order valence-corrected chi connectivity index (χ0v) is 12.2. The minimum Gasteiger partial charge on any atom is -0.377 e. The molecule has 0 fully saturated rings. The summed E-state index contributed by atoms with van der Waals surface area (Å²) >= 11 is 12.1. The van der Waals surface area contributed by atoms with Crippen LogP contribution in [0.1, 0.15) is 19.4 Å². The van der Waals surface area contributed by atoms with Gasteiger partial charge in [-0.25, -0.2) is 0 Å². The van der Waals surface area contributed by atoms with Crippen LogP contribution in [0.25, 0.3) is 0 Å². The van der Waals surface area contributed by atoms with E-state index in [9.17, 15) is 0 Å². The largest absolute Gasteiger partial charge is 0.377 e. The molecule has 0 heterocycles. The molecule has 17 heavy (non-hydrogen) atoms. The molecule has 1 aromatic rings. The molecule has 1 aromatic carbocycles. The van der Waals surface area contributed by atoms with Crippen LogP contribution >= 0.6 is 23.2 Å². The first-order valence-electron chi connectivity index (χ1n) is 5.57. The summed E-state index contributed by atoms with van der Waals surface area (Å²) in [6, 6.07) is 5.69. The van der Waals surface area contributed by atoms with Crippen molar-refractivity contribution in [2.45, 2.75) is 31.9 Å². The molecule has 0 radical (unpaired) electrons. The molecule has 0 saturated carbocycles.